The fraction of sp³-hybridized carbons (Fsp3) is 0.500. The van der Waals surface area contributed by atoms with Gasteiger partial charge in [0.15, 0.2) is 0 Å². The van der Waals surface area contributed by atoms with Gasteiger partial charge < -0.3 is 10.1 Å². The molecule has 0 spiro atoms. The van der Waals surface area contributed by atoms with Gasteiger partial charge in [0.1, 0.15) is 0 Å². The van der Waals surface area contributed by atoms with Crippen LogP contribution in [0, 0.1) is 0 Å². The first-order valence-electron chi connectivity index (χ1n) is 8.07. The van der Waals surface area contributed by atoms with Crippen molar-refractivity contribution in [2.75, 3.05) is 13.2 Å². The van der Waals surface area contributed by atoms with Gasteiger partial charge in [-0.2, -0.15) is 0 Å². The molecule has 0 unspecified atom stereocenters. The summed E-state index contributed by atoms with van der Waals surface area (Å²) in [5.74, 6) is 0.748. The Kier molecular flexibility index (Phi) is 6.48. The Balaban J connectivity index is 2.14. The largest absolute Gasteiger partial charge is 0.478 e. The predicted molar refractivity (Wildman–Crippen MR) is 88.8 cm³/mol. The summed E-state index contributed by atoms with van der Waals surface area (Å²) in [7, 11) is 0. The van der Waals surface area contributed by atoms with Crippen LogP contribution in [0.4, 0.5) is 0 Å². The molecule has 1 N–H and O–H groups in total. The Morgan fingerprint density at radius 2 is 1.95 bits per heavy atom. The van der Waals surface area contributed by atoms with Crippen LogP contribution in [0.1, 0.15) is 45.1 Å². The molecular weight excluding hydrogens is 260 g/mol. The number of rotatable bonds is 9. The first-order chi connectivity index (χ1) is 10.3. The minimum atomic E-state index is 0.748. The summed E-state index contributed by atoms with van der Waals surface area (Å²) in [4.78, 5) is 4.61. The molecule has 0 saturated carbocycles. The van der Waals surface area contributed by atoms with Crippen molar-refractivity contribution in [1.29, 1.82) is 0 Å². The quantitative estimate of drug-likeness (QED) is 0.698. The van der Waals surface area contributed by atoms with Gasteiger partial charge in [-0.25, -0.2) is 4.98 Å². The van der Waals surface area contributed by atoms with Crippen molar-refractivity contribution < 1.29 is 4.74 Å². The molecule has 2 aromatic rings. The van der Waals surface area contributed by atoms with Gasteiger partial charge in [-0.1, -0.05) is 44.9 Å². The SMILES string of the molecule is CCCCCOc1cc(CNCCC)c2ccccc2n1. The van der Waals surface area contributed by atoms with Crippen LogP contribution in [-0.4, -0.2) is 18.1 Å². The molecule has 3 heteroatoms. The van der Waals surface area contributed by atoms with Crippen molar-refractivity contribution in [2.24, 2.45) is 0 Å². The molecule has 0 radical (unpaired) electrons. The standard InChI is InChI=1S/C18H26N2O/c1-3-5-8-12-21-18-13-15(14-19-11-4-2)16-9-6-7-10-17(16)20-18/h6-7,9-10,13,19H,3-5,8,11-12,14H2,1-2H3. The van der Waals surface area contributed by atoms with Crippen LogP contribution in [0.15, 0.2) is 30.3 Å². The van der Waals surface area contributed by atoms with Gasteiger partial charge in [0.05, 0.1) is 12.1 Å². The van der Waals surface area contributed by atoms with Gasteiger partial charge in [0.25, 0.3) is 0 Å². The number of fused-ring (bicyclic) bond motifs is 1. The van der Waals surface area contributed by atoms with E-state index in [1.165, 1.54) is 23.8 Å². The van der Waals surface area contributed by atoms with Crippen LogP contribution in [0.25, 0.3) is 10.9 Å². The number of hydrogen-bond donors (Lipinski definition) is 1. The third-order valence-corrected chi connectivity index (χ3v) is 3.52. The Hall–Kier alpha value is -1.61. The van der Waals surface area contributed by atoms with Crippen molar-refractivity contribution >= 4 is 10.9 Å². The van der Waals surface area contributed by atoms with Gasteiger partial charge in [-0.05, 0) is 31.0 Å². The van der Waals surface area contributed by atoms with E-state index >= 15 is 0 Å². The van der Waals surface area contributed by atoms with Crippen LogP contribution in [0.3, 0.4) is 0 Å². The summed E-state index contributed by atoms with van der Waals surface area (Å²) in [6.07, 6.45) is 4.65. The van der Waals surface area contributed by atoms with Crippen molar-refractivity contribution in [3.05, 3.63) is 35.9 Å². The Morgan fingerprint density at radius 1 is 1.10 bits per heavy atom. The lowest BCUT2D eigenvalue weighted by Crippen LogP contribution is -2.14. The number of ether oxygens (including phenoxy) is 1. The van der Waals surface area contributed by atoms with E-state index in [-0.39, 0.29) is 0 Å². The molecule has 114 valence electrons. The van der Waals surface area contributed by atoms with Crippen LogP contribution in [-0.2, 0) is 6.54 Å². The van der Waals surface area contributed by atoms with E-state index in [4.69, 9.17) is 4.74 Å². The maximum atomic E-state index is 5.82. The predicted octanol–water partition coefficient (Wildman–Crippen LogP) is 4.30. The van der Waals surface area contributed by atoms with Gasteiger partial charge in [-0.15, -0.1) is 0 Å². The number of benzene rings is 1. The summed E-state index contributed by atoms with van der Waals surface area (Å²) in [5.41, 5.74) is 2.28. The summed E-state index contributed by atoms with van der Waals surface area (Å²) in [5, 5.41) is 4.67. The number of nitrogens with one attached hydrogen (secondary N) is 1. The molecule has 0 aliphatic rings. The van der Waals surface area contributed by atoms with Gasteiger partial charge >= 0.3 is 0 Å². The topological polar surface area (TPSA) is 34.1 Å². The van der Waals surface area contributed by atoms with Crippen molar-refractivity contribution in [1.82, 2.24) is 10.3 Å². The molecule has 0 fully saturated rings. The summed E-state index contributed by atoms with van der Waals surface area (Å²) in [6, 6.07) is 10.4. The van der Waals surface area contributed by atoms with Gasteiger partial charge in [0.2, 0.25) is 5.88 Å². The highest BCUT2D eigenvalue weighted by atomic mass is 16.5. The second-order valence-electron chi connectivity index (χ2n) is 5.37. The fourth-order valence-electron chi connectivity index (χ4n) is 2.37. The Bertz CT molecular complexity index is 554. The van der Waals surface area contributed by atoms with E-state index in [0.717, 1.165) is 43.9 Å². The maximum absolute atomic E-state index is 5.82. The van der Waals surface area contributed by atoms with Crippen molar-refractivity contribution in [2.45, 2.75) is 46.1 Å². The molecule has 1 aromatic heterocycles. The van der Waals surface area contributed by atoms with E-state index in [2.05, 4.69) is 48.4 Å². The van der Waals surface area contributed by atoms with E-state index < -0.39 is 0 Å². The first kappa shape index (κ1) is 15.8. The molecule has 3 nitrogen and oxygen atoms in total. The smallest absolute Gasteiger partial charge is 0.214 e. The molecule has 0 aliphatic carbocycles. The second-order valence-corrected chi connectivity index (χ2v) is 5.37. The Labute approximate surface area is 127 Å². The summed E-state index contributed by atoms with van der Waals surface area (Å²) in [6.45, 7) is 7.03. The fourth-order valence-corrected chi connectivity index (χ4v) is 2.37. The average Bonchev–Trinajstić information content (AvgIpc) is 2.52. The number of unbranched alkanes of at least 4 members (excludes halogenated alkanes) is 2. The highest BCUT2D eigenvalue weighted by molar-refractivity contribution is 5.82. The minimum absolute atomic E-state index is 0.748. The lowest BCUT2D eigenvalue weighted by molar-refractivity contribution is 0.295. The zero-order valence-corrected chi connectivity index (χ0v) is 13.2. The normalized spacial score (nSPS) is 11.0. The van der Waals surface area contributed by atoms with Crippen LogP contribution >= 0.6 is 0 Å². The average molecular weight is 286 g/mol. The molecule has 21 heavy (non-hydrogen) atoms. The monoisotopic (exact) mass is 286 g/mol. The first-order valence-corrected chi connectivity index (χ1v) is 8.07. The van der Waals surface area contributed by atoms with Crippen LogP contribution in [0.2, 0.25) is 0 Å². The third-order valence-electron chi connectivity index (χ3n) is 3.52. The maximum Gasteiger partial charge on any atom is 0.214 e. The molecule has 0 bridgehead atoms. The lowest BCUT2D eigenvalue weighted by atomic mass is 10.1. The molecule has 1 aromatic carbocycles. The van der Waals surface area contributed by atoms with Crippen molar-refractivity contribution in [3.8, 4) is 5.88 Å². The zero-order valence-electron chi connectivity index (χ0n) is 13.2. The minimum Gasteiger partial charge on any atom is -0.478 e. The number of para-hydroxylation sites is 1. The number of hydrogen-bond acceptors (Lipinski definition) is 3. The Morgan fingerprint density at radius 3 is 2.76 bits per heavy atom. The van der Waals surface area contributed by atoms with E-state index in [1.807, 2.05) is 6.07 Å². The van der Waals surface area contributed by atoms with Crippen LogP contribution in [0.5, 0.6) is 5.88 Å². The highest BCUT2D eigenvalue weighted by Crippen LogP contribution is 2.22. The van der Waals surface area contributed by atoms with Crippen molar-refractivity contribution in [3.63, 3.8) is 0 Å². The molecule has 0 atom stereocenters. The van der Waals surface area contributed by atoms with E-state index in [9.17, 15) is 0 Å². The van der Waals surface area contributed by atoms with E-state index in [1.54, 1.807) is 0 Å². The van der Waals surface area contributed by atoms with Gasteiger partial charge in [0, 0.05) is 18.0 Å². The molecular formula is C18H26N2O. The number of pyridine rings is 1. The van der Waals surface area contributed by atoms with Gasteiger partial charge in [-0.3, -0.25) is 0 Å². The second kappa shape index (κ2) is 8.63. The summed E-state index contributed by atoms with van der Waals surface area (Å²) >= 11 is 0. The zero-order chi connectivity index (χ0) is 14.9. The number of nitrogens with zero attached hydrogens (tertiary/aromatic N) is 1. The summed E-state index contributed by atoms with van der Waals surface area (Å²) < 4.78 is 5.82. The molecule has 2 rings (SSSR count). The number of aromatic nitrogens is 1. The molecule has 1 heterocycles. The van der Waals surface area contributed by atoms with E-state index in [0.29, 0.717) is 0 Å². The lowest BCUT2D eigenvalue weighted by Gasteiger charge is -2.11. The third kappa shape index (κ3) is 4.71. The molecule has 0 saturated heterocycles. The highest BCUT2D eigenvalue weighted by Gasteiger charge is 2.06. The molecule has 0 aliphatic heterocycles. The van der Waals surface area contributed by atoms with Crippen LogP contribution < -0.4 is 10.1 Å². The molecule has 0 amide bonds.